The minimum Gasteiger partial charge on any atom is -0.392 e. The highest BCUT2D eigenvalue weighted by atomic mass is 32.1. The van der Waals surface area contributed by atoms with E-state index >= 15 is 0 Å². The number of nitrogens with one attached hydrogen (secondary N) is 1. The predicted octanol–water partition coefficient (Wildman–Crippen LogP) is 4.72. The number of fused-ring (bicyclic) bond motifs is 1. The van der Waals surface area contributed by atoms with Crippen molar-refractivity contribution in [2.75, 3.05) is 32.7 Å². The number of aliphatic hydroxyl groups is 1. The van der Waals surface area contributed by atoms with E-state index in [4.69, 9.17) is 0 Å². The Morgan fingerprint density at radius 1 is 1.12 bits per heavy atom. The number of carbonyl (C=O) groups is 1. The van der Waals surface area contributed by atoms with Gasteiger partial charge in [-0.2, -0.15) is 11.3 Å². The van der Waals surface area contributed by atoms with E-state index in [0.717, 1.165) is 64.0 Å². The highest BCUT2D eigenvalue weighted by Gasteiger charge is 2.30. The summed E-state index contributed by atoms with van der Waals surface area (Å²) in [5.41, 5.74) is 3.74. The van der Waals surface area contributed by atoms with E-state index in [9.17, 15) is 9.90 Å². The van der Waals surface area contributed by atoms with Gasteiger partial charge in [-0.25, -0.2) is 0 Å². The molecule has 174 valence electrons. The molecule has 5 nitrogen and oxygen atoms in total. The van der Waals surface area contributed by atoms with Gasteiger partial charge in [-0.3, -0.25) is 4.79 Å². The molecule has 3 aromatic rings. The number of rotatable bonds is 6. The van der Waals surface area contributed by atoms with Crippen molar-refractivity contribution in [3.63, 3.8) is 0 Å². The minimum atomic E-state index is -0.312. The van der Waals surface area contributed by atoms with Gasteiger partial charge in [0.15, 0.2) is 0 Å². The lowest BCUT2D eigenvalue weighted by Crippen LogP contribution is -2.45. The van der Waals surface area contributed by atoms with Crippen molar-refractivity contribution >= 4 is 34.2 Å². The number of likely N-dealkylation sites (tertiary alicyclic amines) is 2. The minimum absolute atomic E-state index is 0.0773. The van der Waals surface area contributed by atoms with E-state index < -0.39 is 0 Å². The Morgan fingerprint density at radius 3 is 2.67 bits per heavy atom. The molecular weight excluding hydrogens is 430 g/mol. The summed E-state index contributed by atoms with van der Waals surface area (Å²) in [7, 11) is 0. The summed E-state index contributed by atoms with van der Waals surface area (Å²) in [5.74, 6) is 0.945. The van der Waals surface area contributed by atoms with E-state index in [1.54, 1.807) is 17.4 Å². The van der Waals surface area contributed by atoms with Gasteiger partial charge in [0.25, 0.3) is 0 Å². The van der Waals surface area contributed by atoms with E-state index in [1.165, 1.54) is 16.5 Å². The van der Waals surface area contributed by atoms with Crippen LogP contribution in [0.25, 0.3) is 17.0 Å². The Balaban J connectivity index is 1.07. The average Bonchev–Trinajstić information content (AvgIpc) is 3.53. The summed E-state index contributed by atoms with van der Waals surface area (Å²) in [6.07, 6.45) is 9.47. The Bertz CT molecular complexity index is 1070. The van der Waals surface area contributed by atoms with Crippen LogP contribution in [-0.2, 0) is 4.79 Å². The number of aromatic amines is 1. The van der Waals surface area contributed by atoms with E-state index in [1.807, 2.05) is 27.8 Å². The molecule has 0 saturated carbocycles. The van der Waals surface area contributed by atoms with Gasteiger partial charge in [0.05, 0.1) is 6.10 Å². The van der Waals surface area contributed by atoms with Crippen molar-refractivity contribution in [2.24, 2.45) is 5.92 Å². The third-order valence-electron chi connectivity index (χ3n) is 7.45. The smallest absolute Gasteiger partial charge is 0.246 e. The standard InChI is InChI=1S/C27H33N3O2S/c31-26(22-9-14-30(15-10-22)27(32)6-5-20-11-16-33-19-20)18-29-12-7-21(8-13-29)24-17-28-25-4-2-1-3-23(24)25/h1-6,11,16-17,19,21-22,26,28,31H,7-10,12-15,18H2/b6-5+. The molecule has 0 radical (unpaired) electrons. The maximum atomic E-state index is 12.5. The van der Waals surface area contributed by atoms with E-state index in [2.05, 4.69) is 40.3 Å². The second-order valence-corrected chi connectivity index (χ2v) is 10.3. The van der Waals surface area contributed by atoms with Gasteiger partial charge in [0, 0.05) is 42.8 Å². The van der Waals surface area contributed by atoms with Crippen LogP contribution in [0.3, 0.4) is 0 Å². The molecule has 2 aliphatic rings. The normalized spacial score (nSPS) is 20.1. The zero-order valence-corrected chi connectivity index (χ0v) is 19.8. The van der Waals surface area contributed by atoms with Crippen molar-refractivity contribution in [1.82, 2.24) is 14.8 Å². The van der Waals surface area contributed by atoms with Gasteiger partial charge in [-0.1, -0.05) is 18.2 Å². The number of aromatic nitrogens is 1. The molecule has 2 saturated heterocycles. The van der Waals surface area contributed by atoms with Crippen LogP contribution in [0.5, 0.6) is 0 Å². The van der Waals surface area contributed by atoms with E-state index in [-0.39, 0.29) is 17.9 Å². The zero-order valence-electron chi connectivity index (χ0n) is 19.0. The number of hydrogen-bond acceptors (Lipinski definition) is 4. The second kappa shape index (κ2) is 10.2. The molecule has 2 aliphatic heterocycles. The lowest BCUT2D eigenvalue weighted by atomic mass is 9.87. The largest absolute Gasteiger partial charge is 0.392 e. The first-order valence-electron chi connectivity index (χ1n) is 12.1. The molecule has 0 aliphatic carbocycles. The van der Waals surface area contributed by atoms with Crippen LogP contribution < -0.4 is 0 Å². The molecule has 6 heteroatoms. The molecule has 2 aromatic heterocycles. The van der Waals surface area contributed by atoms with Crippen LogP contribution in [0.2, 0.25) is 0 Å². The molecule has 0 spiro atoms. The molecule has 33 heavy (non-hydrogen) atoms. The summed E-state index contributed by atoms with van der Waals surface area (Å²) in [4.78, 5) is 20.2. The fourth-order valence-electron chi connectivity index (χ4n) is 5.42. The second-order valence-electron chi connectivity index (χ2n) is 9.48. The number of piperidine rings is 2. The van der Waals surface area contributed by atoms with Crippen LogP contribution in [-0.4, -0.2) is 64.6 Å². The Labute approximate surface area is 199 Å². The van der Waals surface area contributed by atoms with Crippen molar-refractivity contribution in [3.8, 4) is 0 Å². The summed E-state index contributed by atoms with van der Waals surface area (Å²) in [6.45, 7) is 4.28. The number of thiophene rings is 1. The van der Waals surface area contributed by atoms with Crippen LogP contribution in [0.1, 0.15) is 42.7 Å². The van der Waals surface area contributed by atoms with Crippen molar-refractivity contribution in [2.45, 2.75) is 37.7 Å². The Hall–Kier alpha value is -2.41. The number of benzene rings is 1. The average molecular weight is 464 g/mol. The first-order chi connectivity index (χ1) is 16.2. The monoisotopic (exact) mass is 463 g/mol. The summed E-state index contributed by atoms with van der Waals surface area (Å²) in [6, 6.07) is 10.6. The Kier molecular flexibility index (Phi) is 6.95. The number of carbonyl (C=O) groups excluding carboxylic acids is 1. The molecule has 1 aromatic carbocycles. The van der Waals surface area contributed by atoms with Gasteiger partial charge >= 0.3 is 0 Å². The topological polar surface area (TPSA) is 59.6 Å². The van der Waals surface area contributed by atoms with Gasteiger partial charge in [-0.15, -0.1) is 0 Å². The first kappa shape index (κ1) is 22.4. The summed E-state index contributed by atoms with van der Waals surface area (Å²) < 4.78 is 0. The summed E-state index contributed by atoms with van der Waals surface area (Å²) >= 11 is 1.63. The molecule has 1 amide bonds. The van der Waals surface area contributed by atoms with Gasteiger partial charge in [-0.05, 0) is 90.7 Å². The van der Waals surface area contributed by atoms with Gasteiger partial charge in [0.2, 0.25) is 5.91 Å². The summed E-state index contributed by atoms with van der Waals surface area (Å²) in [5, 5.41) is 16.3. The number of nitrogens with zero attached hydrogens (tertiary/aromatic N) is 2. The molecule has 2 N–H and O–H groups in total. The predicted molar refractivity (Wildman–Crippen MR) is 135 cm³/mol. The molecule has 1 atom stereocenters. The zero-order chi connectivity index (χ0) is 22.6. The third kappa shape index (κ3) is 5.24. The van der Waals surface area contributed by atoms with Gasteiger partial charge in [0.1, 0.15) is 0 Å². The number of aliphatic hydroxyl groups excluding tert-OH is 1. The van der Waals surface area contributed by atoms with Crippen LogP contribution in [0.15, 0.2) is 53.4 Å². The lowest BCUT2D eigenvalue weighted by molar-refractivity contribution is -0.128. The first-order valence-corrected chi connectivity index (χ1v) is 13.1. The molecule has 4 heterocycles. The molecule has 5 rings (SSSR count). The van der Waals surface area contributed by atoms with Crippen molar-refractivity contribution < 1.29 is 9.90 Å². The lowest BCUT2D eigenvalue weighted by Gasteiger charge is -2.37. The van der Waals surface area contributed by atoms with Crippen molar-refractivity contribution in [3.05, 3.63) is 64.5 Å². The Morgan fingerprint density at radius 2 is 1.91 bits per heavy atom. The number of hydrogen-bond donors (Lipinski definition) is 2. The molecule has 1 unspecified atom stereocenters. The fourth-order valence-corrected chi connectivity index (χ4v) is 6.05. The number of H-pyrrole nitrogens is 1. The van der Waals surface area contributed by atoms with Crippen molar-refractivity contribution in [1.29, 1.82) is 0 Å². The van der Waals surface area contributed by atoms with Crippen LogP contribution in [0, 0.1) is 5.92 Å². The number of amides is 1. The maximum absolute atomic E-state index is 12.5. The number of para-hydroxylation sites is 1. The highest BCUT2D eigenvalue weighted by Crippen LogP contribution is 2.33. The highest BCUT2D eigenvalue weighted by molar-refractivity contribution is 7.08. The van der Waals surface area contributed by atoms with E-state index in [0.29, 0.717) is 5.92 Å². The third-order valence-corrected chi connectivity index (χ3v) is 8.15. The molecule has 0 bridgehead atoms. The van der Waals surface area contributed by atoms with Crippen LogP contribution >= 0.6 is 11.3 Å². The maximum Gasteiger partial charge on any atom is 0.246 e. The fraction of sp³-hybridized carbons (Fsp3) is 0.444. The number of β-amino-alcohol motifs (C(OH)–C–C–N with tert-alkyl or cyclic N) is 1. The van der Waals surface area contributed by atoms with Crippen LogP contribution in [0.4, 0.5) is 0 Å². The molecule has 2 fully saturated rings. The SMILES string of the molecule is O=C(/C=C/c1ccsc1)N1CCC(C(O)CN2CCC(c3c[nH]c4ccccc34)CC2)CC1. The quantitative estimate of drug-likeness (QED) is 0.520. The molecular formula is C27H33N3O2S. The van der Waals surface area contributed by atoms with Gasteiger partial charge < -0.3 is 19.9 Å².